The number of hydrogen-bond donors (Lipinski definition) is 0. The Morgan fingerprint density at radius 2 is 1.64 bits per heavy atom. The van der Waals surface area contributed by atoms with Crippen molar-refractivity contribution < 1.29 is 18.1 Å². The number of hydrogen-bond acceptors (Lipinski definition) is 3. The number of nitrogens with zero attached hydrogens (tertiary/aromatic N) is 2. The fourth-order valence-corrected chi connectivity index (χ4v) is 2.29. The van der Waals surface area contributed by atoms with Gasteiger partial charge in [-0.1, -0.05) is 0 Å². The first-order valence-electron chi connectivity index (χ1n) is 7.06. The van der Waals surface area contributed by atoms with Crippen LogP contribution in [-0.2, 0) is 9.31 Å². The van der Waals surface area contributed by atoms with E-state index in [1.807, 2.05) is 27.7 Å². The van der Waals surface area contributed by atoms with Crippen molar-refractivity contribution in [2.24, 2.45) is 0 Å². The van der Waals surface area contributed by atoms with Gasteiger partial charge in [-0.05, 0) is 45.9 Å². The SMILES string of the molecule is CC1(C)OB(c2ccnn2-c2ccc(F)c(F)c2)OC1(C)C. The minimum absolute atomic E-state index is 0.411. The smallest absolute Gasteiger partial charge is 0.398 e. The van der Waals surface area contributed by atoms with Gasteiger partial charge in [0.05, 0.1) is 22.5 Å². The Kier molecular flexibility index (Phi) is 3.38. The summed E-state index contributed by atoms with van der Waals surface area (Å²) in [4.78, 5) is 0. The lowest BCUT2D eigenvalue weighted by molar-refractivity contribution is 0.00578. The standard InChI is InChI=1S/C15H17BF2N2O2/c1-14(2)15(3,4)22-16(21-14)13-7-8-19-20(13)10-5-6-11(17)12(18)9-10/h5-9H,1-4H3. The van der Waals surface area contributed by atoms with Crippen LogP contribution in [0.4, 0.5) is 8.78 Å². The van der Waals surface area contributed by atoms with Crippen LogP contribution in [0, 0.1) is 11.6 Å². The van der Waals surface area contributed by atoms with Crippen LogP contribution >= 0.6 is 0 Å². The number of rotatable bonds is 2. The van der Waals surface area contributed by atoms with Crippen molar-refractivity contribution in [2.45, 2.75) is 38.9 Å². The Bertz CT molecular complexity index is 699. The fraction of sp³-hybridized carbons (Fsp3) is 0.400. The summed E-state index contributed by atoms with van der Waals surface area (Å²) >= 11 is 0. The quantitative estimate of drug-likeness (QED) is 0.800. The molecule has 1 aromatic carbocycles. The van der Waals surface area contributed by atoms with E-state index in [-0.39, 0.29) is 0 Å². The Balaban J connectivity index is 1.98. The maximum Gasteiger partial charge on any atom is 0.514 e. The van der Waals surface area contributed by atoms with Gasteiger partial charge in [0.15, 0.2) is 11.6 Å². The molecule has 0 atom stereocenters. The van der Waals surface area contributed by atoms with Crippen molar-refractivity contribution in [1.29, 1.82) is 0 Å². The van der Waals surface area contributed by atoms with Gasteiger partial charge < -0.3 is 9.31 Å². The number of aromatic nitrogens is 2. The highest BCUT2D eigenvalue weighted by Crippen LogP contribution is 2.36. The molecular weight excluding hydrogens is 289 g/mol. The van der Waals surface area contributed by atoms with E-state index in [1.165, 1.54) is 10.7 Å². The average Bonchev–Trinajstić information content (AvgIpc) is 2.96. The summed E-state index contributed by atoms with van der Waals surface area (Å²) in [7, 11) is -0.624. The van der Waals surface area contributed by atoms with Gasteiger partial charge in [0.2, 0.25) is 0 Å². The molecule has 2 aromatic rings. The van der Waals surface area contributed by atoms with Gasteiger partial charge >= 0.3 is 7.12 Å². The van der Waals surface area contributed by atoms with E-state index < -0.39 is 30.0 Å². The Morgan fingerprint density at radius 1 is 1.00 bits per heavy atom. The summed E-state index contributed by atoms with van der Waals surface area (Å²) in [6.45, 7) is 7.80. The minimum atomic E-state index is -0.923. The molecule has 3 rings (SSSR count). The lowest BCUT2D eigenvalue weighted by atomic mass is 9.84. The van der Waals surface area contributed by atoms with Crippen molar-refractivity contribution in [3.8, 4) is 5.69 Å². The van der Waals surface area contributed by atoms with Crippen molar-refractivity contribution in [3.63, 3.8) is 0 Å². The molecule has 1 fully saturated rings. The molecule has 7 heteroatoms. The third-order valence-corrected chi connectivity index (χ3v) is 4.31. The van der Waals surface area contributed by atoms with E-state index in [0.717, 1.165) is 12.1 Å². The Labute approximate surface area is 128 Å². The third kappa shape index (κ3) is 2.34. The normalized spacial score (nSPS) is 19.6. The first-order valence-corrected chi connectivity index (χ1v) is 7.06. The lowest BCUT2D eigenvalue weighted by Crippen LogP contribution is -2.41. The first-order chi connectivity index (χ1) is 10.2. The highest BCUT2D eigenvalue weighted by atomic mass is 19.2. The summed E-state index contributed by atoms with van der Waals surface area (Å²) in [6.07, 6.45) is 1.57. The molecule has 0 amide bonds. The molecule has 0 bridgehead atoms. The highest BCUT2D eigenvalue weighted by Gasteiger charge is 2.52. The van der Waals surface area contributed by atoms with Crippen LogP contribution in [0.3, 0.4) is 0 Å². The van der Waals surface area contributed by atoms with Crippen molar-refractivity contribution in [2.75, 3.05) is 0 Å². The predicted octanol–water partition coefficient (Wildman–Crippen LogP) is 2.45. The van der Waals surface area contributed by atoms with E-state index in [4.69, 9.17) is 9.31 Å². The van der Waals surface area contributed by atoms with Crippen LogP contribution in [0.25, 0.3) is 5.69 Å². The molecule has 0 saturated carbocycles. The van der Waals surface area contributed by atoms with Crippen LogP contribution < -0.4 is 5.59 Å². The van der Waals surface area contributed by atoms with Gasteiger partial charge in [-0.3, -0.25) is 0 Å². The van der Waals surface area contributed by atoms with E-state index in [1.54, 1.807) is 12.3 Å². The van der Waals surface area contributed by atoms with Crippen LogP contribution in [-0.4, -0.2) is 28.1 Å². The summed E-state index contributed by atoms with van der Waals surface area (Å²) < 4.78 is 40.0. The molecule has 0 spiro atoms. The molecule has 0 aliphatic carbocycles. The zero-order valence-corrected chi connectivity index (χ0v) is 12.9. The molecule has 1 aliphatic heterocycles. The molecular formula is C15H17BF2N2O2. The van der Waals surface area contributed by atoms with Gasteiger partial charge in [-0.2, -0.15) is 5.10 Å². The zero-order chi connectivity index (χ0) is 16.1. The van der Waals surface area contributed by atoms with Gasteiger partial charge in [0, 0.05) is 12.3 Å². The Hall–Kier alpha value is -1.73. The van der Waals surface area contributed by atoms with E-state index in [9.17, 15) is 8.78 Å². The van der Waals surface area contributed by atoms with Gasteiger partial charge in [0.25, 0.3) is 0 Å². The minimum Gasteiger partial charge on any atom is -0.398 e. The summed E-state index contributed by atoms with van der Waals surface area (Å²) in [5.74, 6) is -1.82. The fourth-order valence-electron chi connectivity index (χ4n) is 2.29. The number of benzene rings is 1. The molecule has 1 aromatic heterocycles. The maximum absolute atomic E-state index is 13.4. The first kappa shape index (κ1) is 15.2. The molecule has 0 N–H and O–H groups in total. The van der Waals surface area contributed by atoms with Crippen LogP contribution in [0.1, 0.15) is 27.7 Å². The van der Waals surface area contributed by atoms with Gasteiger partial charge in [0.1, 0.15) is 0 Å². The number of halogens is 2. The second-order valence-electron chi connectivity index (χ2n) is 6.35. The van der Waals surface area contributed by atoms with E-state index >= 15 is 0 Å². The van der Waals surface area contributed by atoms with Crippen LogP contribution in [0.5, 0.6) is 0 Å². The molecule has 22 heavy (non-hydrogen) atoms. The topological polar surface area (TPSA) is 36.3 Å². The molecule has 0 radical (unpaired) electrons. The second-order valence-corrected chi connectivity index (χ2v) is 6.35. The van der Waals surface area contributed by atoms with E-state index in [0.29, 0.717) is 11.3 Å². The monoisotopic (exact) mass is 306 g/mol. The summed E-state index contributed by atoms with van der Waals surface area (Å²) in [5, 5.41) is 4.16. The zero-order valence-electron chi connectivity index (χ0n) is 12.9. The van der Waals surface area contributed by atoms with Crippen molar-refractivity contribution >= 4 is 12.7 Å². The molecule has 4 nitrogen and oxygen atoms in total. The highest BCUT2D eigenvalue weighted by molar-refractivity contribution is 6.61. The van der Waals surface area contributed by atoms with Gasteiger partial charge in [-0.25, -0.2) is 13.5 Å². The van der Waals surface area contributed by atoms with Gasteiger partial charge in [-0.15, -0.1) is 0 Å². The third-order valence-electron chi connectivity index (χ3n) is 4.31. The second kappa shape index (κ2) is 4.89. The molecule has 2 heterocycles. The lowest BCUT2D eigenvalue weighted by Gasteiger charge is -2.32. The summed E-state index contributed by atoms with van der Waals surface area (Å²) in [5.41, 5.74) is 0.0695. The Morgan fingerprint density at radius 3 is 2.23 bits per heavy atom. The average molecular weight is 306 g/mol. The van der Waals surface area contributed by atoms with Crippen LogP contribution in [0.15, 0.2) is 30.5 Å². The predicted molar refractivity (Wildman–Crippen MR) is 79.2 cm³/mol. The molecule has 116 valence electrons. The molecule has 0 unspecified atom stereocenters. The van der Waals surface area contributed by atoms with Crippen molar-refractivity contribution in [1.82, 2.24) is 9.78 Å². The largest absolute Gasteiger partial charge is 0.514 e. The summed E-state index contributed by atoms with van der Waals surface area (Å²) in [6, 6.07) is 5.36. The molecule has 1 aliphatic rings. The maximum atomic E-state index is 13.4. The molecule has 1 saturated heterocycles. The van der Waals surface area contributed by atoms with E-state index in [2.05, 4.69) is 5.10 Å². The van der Waals surface area contributed by atoms with Crippen LogP contribution in [0.2, 0.25) is 0 Å². The van der Waals surface area contributed by atoms with Crippen molar-refractivity contribution in [3.05, 3.63) is 42.1 Å².